The topological polar surface area (TPSA) is 456 Å². The SMILES string of the molecule is O.O.O.O.O.O=S(=O)(O)O.O=S(=O)(O)O.O=S(=O)(O)O.O=S(=O)(O)O.[Ca+2].[Ca+2].[H-].[H-].[H-].[H-]. The summed E-state index contributed by atoms with van der Waals surface area (Å²) >= 11 is 0. The summed E-state index contributed by atoms with van der Waals surface area (Å²) in [5.41, 5.74) is 0. The standard InChI is InChI=1S/2Ca.4H2O4S.5H2O.4H/c;;4*1-5(2,3)4;;;;;;;;;/h;;4*(H2,1,2,3,4);5*1H2;;;;/q2*+2;;;;;;;;;;4*-1. The first-order valence-corrected chi connectivity index (χ1v) is 8.38. The fourth-order valence-electron chi connectivity index (χ4n) is 0. The van der Waals surface area contributed by atoms with Gasteiger partial charge in [0.2, 0.25) is 0 Å². The minimum Gasteiger partial charge on any atom is -1.00 e. The van der Waals surface area contributed by atoms with E-state index in [1.807, 2.05) is 0 Å². The summed E-state index contributed by atoms with van der Waals surface area (Å²) in [6.45, 7) is 0. The van der Waals surface area contributed by atoms with Gasteiger partial charge in [-0.25, -0.2) is 0 Å². The van der Waals surface area contributed by atoms with Crippen LogP contribution in [0.25, 0.3) is 0 Å². The van der Waals surface area contributed by atoms with Crippen molar-refractivity contribution >= 4 is 117 Å². The summed E-state index contributed by atoms with van der Waals surface area (Å²) in [5, 5.41) is 0. The van der Waals surface area contributed by atoms with Gasteiger partial charge in [0.25, 0.3) is 0 Å². The molecule has 0 spiro atoms. The predicted octanol–water partition coefficient (Wildman–Crippen LogP) is -7.05. The fourth-order valence-corrected chi connectivity index (χ4v) is 0. The van der Waals surface area contributed by atoms with Crippen LogP contribution in [0.3, 0.4) is 0 Å². The Kier molecular flexibility index (Phi) is 78.0. The van der Waals surface area contributed by atoms with E-state index in [1.165, 1.54) is 0 Å². The van der Waals surface area contributed by atoms with E-state index in [2.05, 4.69) is 0 Å². The molecule has 0 fully saturated rings. The molecule has 0 aromatic rings. The molecule has 27 heavy (non-hydrogen) atoms. The molecule has 0 atom stereocenters. The van der Waals surface area contributed by atoms with Gasteiger partial charge in [-0.2, -0.15) is 33.7 Å². The van der Waals surface area contributed by atoms with Gasteiger partial charge in [0.05, 0.1) is 0 Å². The van der Waals surface area contributed by atoms with Crippen LogP contribution in [-0.2, 0) is 41.6 Å². The van der Waals surface area contributed by atoms with E-state index in [1.54, 1.807) is 0 Å². The zero-order valence-corrected chi connectivity index (χ0v) is 20.1. The van der Waals surface area contributed by atoms with E-state index < -0.39 is 41.6 Å². The van der Waals surface area contributed by atoms with Gasteiger partial charge < -0.3 is 33.1 Å². The molecule has 0 saturated carbocycles. The number of hydrogen-bond donors (Lipinski definition) is 8. The van der Waals surface area contributed by atoms with E-state index in [4.69, 9.17) is 70.1 Å². The average molecular weight is 567 g/mol. The molecule has 0 amide bonds. The van der Waals surface area contributed by atoms with Crippen molar-refractivity contribution in [3.05, 3.63) is 0 Å². The van der Waals surface area contributed by atoms with Crippen molar-refractivity contribution in [2.45, 2.75) is 0 Å². The van der Waals surface area contributed by atoms with E-state index >= 15 is 0 Å². The molecule has 0 radical (unpaired) electrons. The van der Waals surface area contributed by atoms with Gasteiger partial charge in [-0.05, 0) is 0 Å². The van der Waals surface area contributed by atoms with Crippen LogP contribution in [0.4, 0.5) is 0 Å². The van der Waals surface area contributed by atoms with Gasteiger partial charge in [0.15, 0.2) is 0 Å². The van der Waals surface area contributed by atoms with Crippen molar-refractivity contribution in [1.29, 1.82) is 0 Å². The third-order valence-corrected chi connectivity index (χ3v) is 0. The van der Waals surface area contributed by atoms with Crippen LogP contribution >= 0.6 is 0 Å². The maximum absolute atomic E-state index is 8.74. The van der Waals surface area contributed by atoms with Gasteiger partial charge in [-0.15, -0.1) is 0 Å². The summed E-state index contributed by atoms with van der Waals surface area (Å²) in [6, 6.07) is 0. The van der Waals surface area contributed by atoms with Crippen LogP contribution in [0, 0.1) is 0 Å². The van der Waals surface area contributed by atoms with Crippen LogP contribution in [0.1, 0.15) is 5.71 Å². The molecular formula is H22Ca2O21S4. The Morgan fingerprint density at radius 3 is 0.333 bits per heavy atom. The summed E-state index contributed by atoms with van der Waals surface area (Å²) in [5.74, 6) is 0. The first-order chi connectivity index (χ1) is 8.00. The van der Waals surface area contributed by atoms with Crippen molar-refractivity contribution in [1.82, 2.24) is 0 Å². The number of hydrogen-bond acceptors (Lipinski definition) is 8. The van der Waals surface area contributed by atoms with Crippen LogP contribution in [0.5, 0.6) is 0 Å². The van der Waals surface area contributed by atoms with Crippen molar-refractivity contribution in [2.24, 2.45) is 0 Å². The van der Waals surface area contributed by atoms with Crippen LogP contribution in [0.15, 0.2) is 0 Å². The van der Waals surface area contributed by atoms with E-state index in [0.717, 1.165) is 0 Å². The second-order valence-corrected chi connectivity index (χ2v) is 5.37. The summed E-state index contributed by atoms with van der Waals surface area (Å²) in [4.78, 5) is 0. The Balaban J connectivity index is -0.00000000757. The summed E-state index contributed by atoms with van der Waals surface area (Å²) < 4.78 is 126. The second-order valence-electron chi connectivity index (χ2n) is 1.79. The van der Waals surface area contributed by atoms with Crippen LogP contribution < -0.4 is 0 Å². The molecule has 18 N–H and O–H groups in total. The molecular weight excluding hydrogens is 544 g/mol. The summed E-state index contributed by atoms with van der Waals surface area (Å²) in [6.07, 6.45) is 0. The van der Waals surface area contributed by atoms with Gasteiger partial charge in [0.1, 0.15) is 0 Å². The zero-order chi connectivity index (χ0) is 18.0. The molecule has 0 aliphatic heterocycles. The molecule has 0 unspecified atom stereocenters. The molecule has 0 aliphatic rings. The third kappa shape index (κ3) is 5710. The molecule has 0 aromatic heterocycles. The Morgan fingerprint density at radius 1 is 0.333 bits per heavy atom. The molecule has 27 heteroatoms. The van der Waals surface area contributed by atoms with Crippen molar-refractivity contribution in [2.75, 3.05) is 0 Å². The van der Waals surface area contributed by atoms with Gasteiger partial charge in [0, 0.05) is 0 Å². The summed E-state index contributed by atoms with van der Waals surface area (Å²) in [7, 11) is -18.7. The molecule has 0 heterocycles. The largest absolute Gasteiger partial charge is 2.00 e. The Hall–Kier alpha value is 1.80. The van der Waals surface area contributed by atoms with E-state index in [-0.39, 0.29) is 109 Å². The Bertz CT molecular complexity index is 496. The van der Waals surface area contributed by atoms with E-state index in [0.29, 0.717) is 0 Å². The van der Waals surface area contributed by atoms with Crippen LogP contribution in [0.2, 0.25) is 0 Å². The Morgan fingerprint density at radius 2 is 0.333 bits per heavy atom. The molecule has 0 rings (SSSR count). The second kappa shape index (κ2) is 30.0. The van der Waals surface area contributed by atoms with Gasteiger partial charge in [-0.1, -0.05) is 0 Å². The van der Waals surface area contributed by atoms with Gasteiger partial charge >= 0.3 is 117 Å². The molecule has 0 aliphatic carbocycles. The van der Waals surface area contributed by atoms with Crippen molar-refractivity contribution < 1.29 is 103 Å². The minimum absolute atomic E-state index is 0. The monoisotopic (exact) mass is 566 g/mol. The van der Waals surface area contributed by atoms with E-state index in [9.17, 15) is 0 Å². The van der Waals surface area contributed by atoms with Crippen molar-refractivity contribution in [3.8, 4) is 0 Å². The molecule has 176 valence electrons. The van der Waals surface area contributed by atoms with Crippen molar-refractivity contribution in [3.63, 3.8) is 0 Å². The maximum atomic E-state index is 8.74. The third-order valence-electron chi connectivity index (χ3n) is 0. The molecule has 0 bridgehead atoms. The first kappa shape index (κ1) is 70.2. The van der Waals surface area contributed by atoms with Gasteiger partial charge in [-0.3, -0.25) is 36.4 Å². The average Bonchev–Trinajstić information content (AvgIpc) is 1.62. The first-order valence-electron chi connectivity index (χ1n) is 2.79. The smallest absolute Gasteiger partial charge is 1.00 e. The fraction of sp³-hybridized carbons (Fsp3) is 0. The molecule has 0 saturated heterocycles. The normalized spacial score (nSPS) is 8.59. The zero-order valence-electron chi connectivity index (χ0n) is 16.4. The minimum atomic E-state index is -4.67. The molecule has 0 aromatic carbocycles. The number of rotatable bonds is 0. The Labute approximate surface area is 217 Å². The predicted molar refractivity (Wildman–Crippen MR) is 90.7 cm³/mol. The van der Waals surface area contributed by atoms with Crippen LogP contribution in [-0.4, -0.2) is 173 Å². The maximum Gasteiger partial charge on any atom is 2.00 e. The quantitative estimate of drug-likeness (QED) is 0.0996. The molecule has 21 nitrogen and oxygen atoms in total.